The van der Waals surface area contributed by atoms with Gasteiger partial charge in [-0.1, -0.05) is 36.8 Å². The number of hydrogen-bond donors (Lipinski definition) is 0. The van der Waals surface area contributed by atoms with E-state index < -0.39 is 0 Å². The molecule has 0 N–H and O–H groups in total. The van der Waals surface area contributed by atoms with E-state index in [1.807, 2.05) is 31.2 Å². The smallest absolute Gasteiger partial charge is 0.282 e. The maximum atomic E-state index is 13.5. The molecule has 0 saturated carbocycles. The fourth-order valence-corrected chi connectivity index (χ4v) is 4.15. The lowest BCUT2D eigenvalue weighted by Crippen LogP contribution is -2.39. The third-order valence-corrected chi connectivity index (χ3v) is 5.70. The number of nitrogens with zero attached hydrogens (tertiary/aromatic N) is 2. The number of benzene rings is 2. The van der Waals surface area contributed by atoms with Crippen LogP contribution in [0.2, 0.25) is 0 Å². The van der Waals surface area contributed by atoms with Crippen molar-refractivity contribution in [3.63, 3.8) is 0 Å². The van der Waals surface area contributed by atoms with Gasteiger partial charge in [0.15, 0.2) is 0 Å². The van der Waals surface area contributed by atoms with Crippen molar-refractivity contribution in [3.8, 4) is 5.75 Å². The van der Waals surface area contributed by atoms with Crippen molar-refractivity contribution < 1.29 is 14.3 Å². The summed E-state index contributed by atoms with van der Waals surface area (Å²) < 4.78 is 5.21. The van der Waals surface area contributed by atoms with Crippen molar-refractivity contribution in [1.82, 2.24) is 4.90 Å². The van der Waals surface area contributed by atoms with Gasteiger partial charge in [0.2, 0.25) is 0 Å². The first-order valence-electron chi connectivity index (χ1n) is 10.1. The molecule has 0 spiro atoms. The van der Waals surface area contributed by atoms with Crippen molar-refractivity contribution in [2.45, 2.75) is 26.7 Å². The van der Waals surface area contributed by atoms with Crippen LogP contribution in [-0.4, -0.2) is 36.9 Å². The lowest BCUT2D eigenvalue weighted by Gasteiger charge is -2.33. The van der Waals surface area contributed by atoms with E-state index in [1.54, 1.807) is 31.4 Å². The second-order valence-corrected chi connectivity index (χ2v) is 7.93. The number of carbonyl (C=O) groups excluding carboxylic acids is 2. The van der Waals surface area contributed by atoms with Crippen LogP contribution in [0.3, 0.4) is 0 Å². The number of amides is 2. The van der Waals surface area contributed by atoms with Crippen molar-refractivity contribution in [2.75, 3.05) is 25.1 Å². The largest absolute Gasteiger partial charge is 0.497 e. The summed E-state index contributed by atoms with van der Waals surface area (Å²) in [6, 6.07) is 14.9. The van der Waals surface area contributed by atoms with Gasteiger partial charge in [0, 0.05) is 13.1 Å². The molecular weight excluding hydrogens is 364 g/mol. The highest BCUT2D eigenvalue weighted by atomic mass is 16.5. The molecule has 2 aromatic carbocycles. The summed E-state index contributed by atoms with van der Waals surface area (Å²) in [5, 5.41) is 0. The first-order chi connectivity index (χ1) is 14.0. The molecule has 1 fully saturated rings. The van der Waals surface area contributed by atoms with Crippen molar-refractivity contribution in [2.24, 2.45) is 5.92 Å². The van der Waals surface area contributed by atoms with Gasteiger partial charge in [-0.3, -0.25) is 9.59 Å². The molecule has 0 bridgehead atoms. The molecule has 1 unspecified atom stereocenters. The Hall–Kier alpha value is -3.08. The van der Waals surface area contributed by atoms with Crippen molar-refractivity contribution in [3.05, 3.63) is 65.4 Å². The summed E-state index contributed by atoms with van der Waals surface area (Å²) in [5.41, 5.74) is 3.50. The summed E-state index contributed by atoms with van der Waals surface area (Å²) in [4.78, 5) is 30.4. The minimum Gasteiger partial charge on any atom is -0.497 e. The van der Waals surface area contributed by atoms with Gasteiger partial charge in [-0.2, -0.15) is 0 Å². The third-order valence-electron chi connectivity index (χ3n) is 5.70. The number of aryl methyl sites for hydroxylation is 1. The molecular formula is C24H26N2O3. The molecule has 4 rings (SSSR count). The quantitative estimate of drug-likeness (QED) is 0.740. The summed E-state index contributed by atoms with van der Waals surface area (Å²) in [7, 11) is 1.59. The summed E-state index contributed by atoms with van der Waals surface area (Å²) in [6.45, 7) is 5.79. The first-order valence-corrected chi connectivity index (χ1v) is 10.1. The predicted octanol–water partition coefficient (Wildman–Crippen LogP) is 4.02. The van der Waals surface area contributed by atoms with Crippen LogP contribution < -0.4 is 9.64 Å². The number of ether oxygens (including phenoxy) is 1. The molecule has 1 atom stereocenters. The molecule has 1 saturated heterocycles. The van der Waals surface area contributed by atoms with E-state index in [0.29, 0.717) is 28.6 Å². The lowest BCUT2D eigenvalue weighted by atomic mass is 9.97. The number of rotatable bonds is 4. The summed E-state index contributed by atoms with van der Waals surface area (Å²) in [5.74, 6) is 0.667. The Morgan fingerprint density at radius 3 is 2.28 bits per heavy atom. The monoisotopic (exact) mass is 390 g/mol. The molecule has 0 aliphatic carbocycles. The highest BCUT2D eigenvalue weighted by Crippen LogP contribution is 2.36. The van der Waals surface area contributed by atoms with Crippen LogP contribution in [0.25, 0.3) is 5.57 Å². The molecule has 2 aliphatic heterocycles. The molecule has 5 heteroatoms. The maximum Gasteiger partial charge on any atom is 0.282 e. The molecule has 2 aliphatic rings. The standard InChI is InChI=1S/C24H26N2O3/c1-16-6-8-18(9-7-16)21-22(25-14-4-5-17(2)15-25)24(28)26(23(21)27)19-10-12-20(29-3)13-11-19/h6-13,17H,4-5,14-15H2,1-3H3. The van der Waals surface area contributed by atoms with Crippen LogP contribution in [0.15, 0.2) is 54.2 Å². The van der Waals surface area contributed by atoms with Gasteiger partial charge in [-0.25, -0.2) is 4.90 Å². The molecule has 0 aromatic heterocycles. The van der Waals surface area contributed by atoms with E-state index in [0.717, 1.165) is 37.1 Å². The topological polar surface area (TPSA) is 49.9 Å². The molecule has 2 amide bonds. The number of methoxy groups -OCH3 is 1. The van der Waals surface area contributed by atoms with Gasteiger partial charge in [-0.15, -0.1) is 0 Å². The molecule has 29 heavy (non-hydrogen) atoms. The zero-order chi connectivity index (χ0) is 20.5. The van der Waals surface area contributed by atoms with Crippen LogP contribution in [-0.2, 0) is 9.59 Å². The van der Waals surface area contributed by atoms with Gasteiger partial charge >= 0.3 is 0 Å². The fourth-order valence-electron chi connectivity index (χ4n) is 4.15. The highest BCUT2D eigenvalue weighted by Gasteiger charge is 2.43. The van der Waals surface area contributed by atoms with Gasteiger partial charge < -0.3 is 9.64 Å². The van der Waals surface area contributed by atoms with E-state index >= 15 is 0 Å². The Morgan fingerprint density at radius 1 is 0.966 bits per heavy atom. The van der Waals surface area contributed by atoms with Gasteiger partial charge in [0.1, 0.15) is 11.4 Å². The zero-order valence-corrected chi connectivity index (χ0v) is 17.1. The predicted molar refractivity (Wildman–Crippen MR) is 114 cm³/mol. The number of piperidine rings is 1. The first kappa shape index (κ1) is 19.2. The zero-order valence-electron chi connectivity index (χ0n) is 17.1. The van der Waals surface area contributed by atoms with Crippen molar-refractivity contribution in [1.29, 1.82) is 0 Å². The average molecular weight is 390 g/mol. The van der Waals surface area contributed by atoms with Crippen LogP contribution in [0.4, 0.5) is 5.69 Å². The third kappa shape index (κ3) is 3.53. The summed E-state index contributed by atoms with van der Waals surface area (Å²) in [6.07, 6.45) is 2.17. The second-order valence-electron chi connectivity index (χ2n) is 7.93. The fraction of sp³-hybridized carbons (Fsp3) is 0.333. The highest BCUT2D eigenvalue weighted by molar-refractivity contribution is 6.45. The molecule has 2 aromatic rings. The molecule has 150 valence electrons. The Kier molecular flexibility index (Phi) is 5.14. The number of imide groups is 1. The molecule has 2 heterocycles. The Morgan fingerprint density at radius 2 is 1.66 bits per heavy atom. The Balaban J connectivity index is 1.79. The van der Waals surface area contributed by atoms with Crippen molar-refractivity contribution >= 4 is 23.1 Å². The van der Waals surface area contributed by atoms with Crippen LogP contribution in [0.1, 0.15) is 30.9 Å². The number of anilines is 1. The number of carbonyl (C=O) groups is 2. The number of hydrogen-bond acceptors (Lipinski definition) is 4. The van der Waals surface area contributed by atoms with E-state index in [4.69, 9.17) is 4.74 Å². The van der Waals surface area contributed by atoms with Gasteiger partial charge in [-0.05, 0) is 55.5 Å². The van der Waals surface area contributed by atoms with Crippen LogP contribution in [0, 0.1) is 12.8 Å². The van der Waals surface area contributed by atoms with Gasteiger partial charge in [0.05, 0.1) is 18.4 Å². The van der Waals surface area contributed by atoms with Crippen LogP contribution >= 0.6 is 0 Å². The Bertz CT molecular complexity index is 961. The van der Waals surface area contributed by atoms with E-state index in [1.165, 1.54) is 4.90 Å². The minimum absolute atomic E-state index is 0.246. The second kappa shape index (κ2) is 7.74. The maximum absolute atomic E-state index is 13.5. The van der Waals surface area contributed by atoms with E-state index in [9.17, 15) is 9.59 Å². The lowest BCUT2D eigenvalue weighted by molar-refractivity contribution is -0.120. The average Bonchev–Trinajstić information content (AvgIpc) is 2.99. The molecule has 5 nitrogen and oxygen atoms in total. The van der Waals surface area contributed by atoms with E-state index in [-0.39, 0.29) is 11.8 Å². The normalized spacial score (nSPS) is 19.9. The minimum atomic E-state index is -0.266. The van der Waals surface area contributed by atoms with E-state index in [2.05, 4.69) is 11.8 Å². The SMILES string of the molecule is COc1ccc(N2C(=O)C(c3ccc(C)cc3)=C(N3CCCC(C)C3)C2=O)cc1. The molecule has 0 radical (unpaired) electrons. The summed E-state index contributed by atoms with van der Waals surface area (Å²) >= 11 is 0. The number of likely N-dealkylation sites (tertiary alicyclic amines) is 1. The van der Waals surface area contributed by atoms with Gasteiger partial charge in [0.25, 0.3) is 11.8 Å². The van der Waals surface area contributed by atoms with Crippen LogP contribution in [0.5, 0.6) is 5.75 Å². The Labute approximate surface area is 171 Å².